The Kier molecular flexibility index (Phi) is 17.6. The molecule has 28 heavy (non-hydrogen) atoms. The van der Waals surface area contributed by atoms with Crippen molar-refractivity contribution in [3.8, 4) is 0 Å². The SMILES string of the molecule is CCCCC/C=C(\CCCCCCCCCC(O)(O)CCCCCC)C(=O)O. The van der Waals surface area contributed by atoms with Crippen molar-refractivity contribution in [2.24, 2.45) is 0 Å². The van der Waals surface area contributed by atoms with Gasteiger partial charge in [0, 0.05) is 18.4 Å². The second kappa shape index (κ2) is 18.2. The van der Waals surface area contributed by atoms with E-state index < -0.39 is 11.8 Å². The van der Waals surface area contributed by atoms with Crippen LogP contribution < -0.4 is 0 Å². The molecule has 0 saturated heterocycles. The number of hydrogen-bond donors (Lipinski definition) is 3. The molecular weight excluding hydrogens is 352 g/mol. The zero-order chi connectivity index (χ0) is 21.1. The number of allylic oxidation sites excluding steroid dienone is 1. The molecule has 0 unspecified atom stereocenters. The third kappa shape index (κ3) is 17.2. The van der Waals surface area contributed by atoms with E-state index in [0.717, 1.165) is 89.9 Å². The van der Waals surface area contributed by atoms with Crippen LogP contribution in [0.25, 0.3) is 0 Å². The molecule has 0 radical (unpaired) electrons. The molecule has 0 spiro atoms. The van der Waals surface area contributed by atoms with E-state index in [1.165, 1.54) is 6.42 Å². The first-order valence-corrected chi connectivity index (χ1v) is 11.8. The average molecular weight is 399 g/mol. The highest BCUT2D eigenvalue weighted by atomic mass is 16.5. The lowest BCUT2D eigenvalue weighted by atomic mass is 9.99. The maximum atomic E-state index is 11.3. The van der Waals surface area contributed by atoms with Gasteiger partial charge >= 0.3 is 5.97 Å². The number of carboxylic acids is 1. The first kappa shape index (κ1) is 27.1. The Morgan fingerprint density at radius 3 is 1.71 bits per heavy atom. The summed E-state index contributed by atoms with van der Waals surface area (Å²) in [6, 6.07) is 0. The number of rotatable bonds is 20. The van der Waals surface area contributed by atoms with Gasteiger partial charge in [0.05, 0.1) is 0 Å². The highest BCUT2D eigenvalue weighted by Crippen LogP contribution is 2.21. The number of unbranched alkanes of at least 4 members (excludes halogenated alkanes) is 12. The van der Waals surface area contributed by atoms with Crippen molar-refractivity contribution < 1.29 is 20.1 Å². The average Bonchev–Trinajstić information content (AvgIpc) is 2.65. The van der Waals surface area contributed by atoms with E-state index in [-0.39, 0.29) is 0 Å². The molecule has 4 nitrogen and oxygen atoms in total. The van der Waals surface area contributed by atoms with Crippen LogP contribution in [0.5, 0.6) is 0 Å². The molecule has 0 aromatic rings. The molecule has 0 aliphatic carbocycles. The monoisotopic (exact) mass is 398 g/mol. The van der Waals surface area contributed by atoms with E-state index in [9.17, 15) is 20.1 Å². The number of carboxylic acid groups (broad SMARTS) is 1. The van der Waals surface area contributed by atoms with Gasteiger partial charge in [0.1, 0.15) is 0 Å². The Bertz CT molecular complexity index is 401. The Hall–Kier alpha value is -0.870. The van der Waals surface area contributed by atoms with Gasteiger partial charge in [-0.1, -0.05) is 84.1 Å². The number of aliphatic carboxylic acids is 1. The molecule has 0 aliphatic rings. The van der Waals surface area contributed by atoms with E-state index in [1.54, 1.807) is 0 Å². The van der Waals surface area contributed by atoms with Gasteiger partial charge < -0.3 is 15.3 Å². The molecule has 0 fully saturated rings. The lowest BCUT2D eigenvalue weighted by molar-refractivity contribution is -0.172. The summed E-state index contributed by atoms with van der Waals surface area (Å²) in [6.45, 7) is 4.31. The Balaban J connectivity index is 3.65. The molecule has 0 amide bonds. The van der Waals surface area contributed by atoms with Crippen LogP contribution in [0.4, 0.5) is 0 Å². The van der Waals surface area contributed by atoms with Gasteiger partial charge in [-0.15, -0.1) is 0 Å². The minimum Gasteiger partial charge on any atom is -0.478 e. The fourth-order valence-corrected chi connectivity index (χ4v) is 3.53. The van der Waals surface area contributed by atoms with Crippen LogP contribution in [0.15, 0.2) is 11.6 Å². The van der Waals surface area contributed by atoms with Crippen molar-refractivity contribution >= 4 is 5.97 Å². The predicted molar refractivity (Wildman–Crippen MR) is 117 cm³/mol. The van der Waals surface area contributed by atoms with E-state index in [1.807, 2.05) is 6.08 Å². The Morgan fingerprint density at radius 1 is 0.714 bits per heavy atom. The topological polar surface area (TPSA) is 77.8 Å². The standard InChI is InChI=1S/C24H46O4/c1-3-5-7-14-18-22(23(25)26)19-15-12-10-9-11-13-17-21-24(27,28)20-16-8-6-4-2/h18,27-28H,3-17,19-21H2,1-2H3,(H,25,26)/b22-18+. The van der Waals surface area contributed by atoms with Crippen LogP contribution in [-0.2, 0) is 4.79 Å². The first-order valence-electron chi connectivity index (χ1n) is 11.8. The molecule has 0 aromatic heterocycles. The molecule has 4 heteroatoms. The lowest BCUT2D eigenvalue weighted by Crippen LogP contribution is -2.27. The van der Waals surface area contributed by atoms with Crippen LogP contribution >= 0.6 is 0 Å². The molecule has 0 rings (SSSR count). The van der Waals surface area contributed by atoms with Crippen LogP contribution in [-0.4, -0.2) is 27.1 Å². The van der Waals surface area contributed by atoms with Crippen molar-refractivity contribution in [3.05, 3.63) is 11.6 Å². The van der Waals surface area contributed by atoms with E-state index in [2.05, 4.69) is 13.8 Å². The normalized spacial score (nSPS) is 12.5. The quantitative estimate of drug-likeness (QED) is 0.120. The number of aliphatic hydroxyl groups is 2. The summed E-state index contributed by atoms with van der Waals surface area (Å²) in [6.07, 6.45) is 19.4. The van der Waals surface area contributed by atoms with Crippen LogP contribution in [0, 0.1) is 0 Å². The zero-order valence-electron chi connectivity index (χ0n) is 18.6. The second-order valence-corrected chi connectivity index (χ2v) is 8.30. The van der Waals surface area contributed by atoms with Gasteiger partial charge in [-0.25, -0.2) is 4.79 Å². The maximum Gasteiger partial charge on any atom is 0.331 e. The third-order valence-electron chi connectivity index (χ3n) is 5.43. The third-order valence-corrected chi connectivity index (χ3v) is 5.43. The maximum absolute atomic E-state index is 11.3. The molecule has 0 aliphatic heterocycles. The van der Waals surface area contributed by atoms with E-state index >= 15 is 0 Å². The van der Waals surface area contributed by atoms with Crippen molar-refractivity contribution in [2.45, 2.75) is 135 Å². The van der Waals surface area contributed by atoms with Gasteiger partial charge in [-0.2, -0.15) is 0 Å². The highest BCUT2D eigenvalue weighted by molar-refractivity contribution is 5.86. The smallest absolute Gasteiger partial charge is 0.331 e. The Morgan fingerprint density at radius 2 is 1.18 bits per heavy atom. The summed E-state index contributed by atoms with van der Waals surface area (Å²) in [4.78, 5) is 11.3. The van der Waals surface area contributed by atoms with Gasteiger partial charge in [-0.05, 0) is 38.5 Å². The Labute approximate surface area is 173 Å². The molecule has 0 heterocycles. The summed E-state index contributed by atoms with van der Waals surface area (Å²) in [5, 5.41) is 29.2. The van der Waals surface area contributed by atoms with Crippen LogP contribution in [0.3, 0.4) is 0 Å². The molecular formula is C24H46O4. The molecule has 0 saturated carbocycles. The van der Waals surface area contributed by atoms with Crippen LogP contribution in [0.2, 0.25) is 0 Å². The summed E-state index contributed by atoms with van der Waals surface area (Å²) in [7, 11) is 0. The number of carbonyl (C=O) groups is 1. The van der Waals surface area contributed by atoms with Crippen molar-refractivity contribution in [3.63, 3.8) is 0 Å². The fourth-order valence-electron chi connectivity index (χ4n) is 3.53. The predicted octanol–water partition coefficient (Wildman–Crippen LogP) is 6.74. The highest BCUT2D eigenvalue weighted by Gasteiger charge is 2.21. The van der Waals surface area contributed by atoms with Crippen molar-refractivity contribution in [1.82, 2.24) is 0 Å². The molecule has 0 atom stereocenters. The second-order valence-electron chi connectivity index (χ2n) is 8.30. The molecule has 0 aromatic carbocycles. The zero-order valence-corrected chi connectivity index (χ0v) is 18.6. The number of hydrogen-bond acceptors (Lipinski definition) is 3. The fraction of sp³-hybridized carbons (Fsp3) is 0.875. The largest absolute Gasteiger partial charge is 0.478 e. The van der Waals surface area contributed by atoms with Gasteiger partial charge in [0.25, 0.3) is 0 Å². The van der Waals surface area contributed by atoms with E-state index in [0.29, 0.717) is 24.8 Å². The van der Waals surface area contributed by atoms with Crippen LogP contribution in [0.1, 0.15) is 129 Å². The summed E-state index contributed by atoms with van der Waals surface area (Å²) < 4.78 is 0. The molecule has 166 valence electrons. The van der Waals surface area contributed by atoms with Gasteiger partial charge in [-0.3, -0.25) is 0 Å². The summed E-state index contributed by atoms with van der Waals surface area (Å²) >= 11 is 0. The summed E-state index contributed by atoms with van der Waals surface area (Å²) in [5.74, 6) is -2.24. The van der Waals surface area contributed by atoms with Gasteiger partial charge in [0.2, 0.25) is 0 Å². The minimum atomic E-state index is -1.48. The van der Waals surface area contributed by atoms with Gasteiger partial charge in [0.15, 0.2) is 5.79 Å². The minimum absolute atomic E-state index is 0.476. The molecule has 0 bridgehead atoms. The lowest BCUT2D eigenvalue weighted by Gasteiger charge is -2.21. The van der Waals surface area contributed by atoms with E-state index in [4.69, 9.17) is 0 Å². The van der Waals surface area contributed by atoms with Crippen molar-refractivity contribution in [2.75, 3.05) is 0 Å². The summed E-state index contributed by atoms with van der Waals surface area (Å²) in [5.41, 5.74) is 0.581. The van der Waals surface area contributed by atoms with Crippen molar-refractivity contribution in [1.29, 1.82) is 0 Å². The first-order chi connectivity index (χ1) is 13.4. The molecule has 3 N–H and O–H groups in total.